The molecule has 0 aromatic heterocycles. The fourth-order valence-electron chi connectivity index (χ4n) is 3.04. The van der Waals surface area contributed by atoms with Gasteiger partial charge in [-0.05, 0) is 59.5 Å². The van der Waals surface area contributed by atoms with E-state index in [4.69, 9.17) is 28.3 Å². The average Bonchev–Trinajstić information content (AvgIpc) is 2.71. The van der Waals surface area contributed by atoms with Gasteiger partial charge in [0.15, 0.2) is 0 Å². The van der Waals surface area contributed by atoms with Gasteiger partial charge in [-0.3, -0.25) is 0 Å². The summed E-state index contributed by atoms with van der Waals surface area (Å²) >= 11 is 12.0. The number of hydrogen-bond acceptors (Lipinski definition) is 3. The summed E-state index contributed by atoms with van der Waals surface area (Å²) in [5.41, 5.74) is 3.89. The second-order valence-corrected chi connectivity index (χ2v) is 7.57. The third-order valence-corrected chi connectivity index (χ3v) is 5.20. The third-order valence-electron chi connectivity index (χ3n) is 4.65. The first kappa shape index (κ1) is 24.2. The second-order valence-electron chi connectivity index (χ2n) is 6.72. The van der Waals surface area contributed by atoms with Crippen LogP contribution < -0.4 is 5.32 Å². The van der Waals surface area contributed by atoms with Crippen molar-refractivity contribution in [2.45, 2.75) is 12.5 Å². The summed E-state index contributed by atoms with van der Waals surface area (Å²) < 4.78 is 0. The predicted molar refractivity (Wildman–Crippen MR) is 124 cm³/mol. The van der Waals surface area contributed by atoms with Crippen molar-refractivity contribution >= 4 is 41.6 Å². The molecular weight excluding hydrogens is 445 g/mol. The van der Waals surface area contributed by atoms with Crippen molar-refractivity contribution in [1.29, 1.82) is 0 Å². The Morgan fingerprint density at radius 1 is 0.967 bits per heavy atom. The molecule has 3 aromatic rings. The smallest absolute Gasteiger partial charge is 0.337 e. The normalized spacial score (nSPS) is 11.6. The molecule has 0 unspecified atom stereocenters. The molecule has 0 aliphatic heterocycles. The second kappa shape index (κ2) is 11.3. The van der Waals surface area contributed by atoms with E-state index in [2.05, 4.69) is 5.32 Å². The van der Waals surface area contributed by atoms with Gasteiger partial charge >= 0.3 is 5.97 Å². The monoisotopic (exact) mass is 465 g/mol. The number of carboxylic acid groups (broad SMARTS) is 1. The molecule has 0 aliphatic carbocycles. The number of aliphatic hydroxyl groups is 1. The van der Waals surface area contributed by atoms with Crippen LogP contribution in [-0.4, -0.2) is 29.3 Å². The number of carboxylic acids is 1. The Hall–Kier alpha value is -2.08. The number of hydrogen-bond donors (Lipinski definition) is 3. The van der Waals surface area contributed by atoms with Crippen molar-refractivity contribution in [3.8, 4) is 11.1 Å². The number of nitrogens with one attached hydrogen (secondary N) is 1. The van der Waals surface area contributed by atoms with Crippen LogP contribution in [-0.2, 0) is 6.42 Å². The van der Waals surface area contributed by atoms with E-state index in [0.717, 1.165) is 35.2 Å². The highest BCUT2D eigenvalue weighted by Crippen LogP contribution is 2.26. The van der Waals surface area contributed by atoms with Crippen LogP contribution in [0.1, 0.15) is 27.6 Å². The molecule has 1 atom stereocenters. The van der Waals surface area contributed by atoms with Gasteiger partial charge in [0.2, 0.25) is 0 Å². The Balaban J connectivity index is 0.00000320. The molecule has 0 fully saturated rings. The molecule has 30 heavy (non-hydrogen) atoms. The van der Waals surface area contributed by atoms with Crippen molar-refractivity contribution in [3.63, 3.8) is 0 Å². The number of aromatic carboxylic acids is 1. The zero-order chi connectivity index (χ0) is 20.8. The molecule has 0 aliphatic rings. The van der Waals surface area contributed by atoms with Crippen molar-refractivity contribution in [2.24, 2.45) is 0 Å². The van der Waals surface area contributed by atoms with E-state index in [1.165, 1.54) is 6.07 Å². The zero-order valence-corrected chi connectivity index (χ0v) is 18.3. The van der Waals surface area contributed by atoms with E-state index >= 15 is 0 Å². The first-order chi connectivity index (χ1) is 13.9. The summed E-state index contributed by atoms with van der Waals surface area (Å²) in [6.07, 6.45) is 0.218. The maximum atomic E-state index is 11.1. The van der Waals surface area contributed by atoms with Gasteiger partial charge in [0.1, 0.15) is 0 Å². The minimum atomic E-state index is -1.04. The van der Waals surface area contributed by atoms with Crippen LogP contribution in [0.2, 0.25) is 10.0 Å². The standard InChI is InChI=1S/C23H21Cl2NO3.ClH/c24-19-3-1-2-18(12-19)22(27)14-26-11-10-15-4-6-16(7-5-15)17-8-9-20(23(28)29)21(25)13-17;/h1-9,12-13,22,26-27H,10-11,14H2,(H,28,29);1H/t22-;/m0./s1. The first-order valence-electron chi connectivity index (χ1n) is 9.20. The van der Waals surface area contributed by atoms with Crippen LogP contribution in [0.4, 0.5) is 0 Å². The Kier molecular flexibility index (Phi) is 9.15. The van der Waals surface area contributed by atoms with Crippen molar-refractivity contribution in [1.82, 2.24) is 5.32 Å². The van der Waals surface area contributed by atoms with Crippen molar-refractivity contribution in [3.05, 3.63) is 93.5 Å². The van der Waals surface area contributed by atoms with Gasteiger partial charge in [-0.15, -0.1) is 12.4 Å². The highest BCUT2D eigenvalue weighted by molar-refractivity contribution is 6.33. The summed E-state index contributed by atoms with van der Waals surface area (Å²) in [6.45, 7) is 1.18. The fourth-order valence-corrected chi connectivity index (χ4v) is 3.50. The lowest BCUT2D eigenvalue weighted by atomic mass is 10.0. The van der Waals surface area contributed by atoms with Gasteiger partial charge < -0.3 is 15.5 Å². The molecular formula is C23H22Cl3NO3. The highest BCUT2D eigenvalue weighted by Gasteiger charge is 2.10. The molecule has 0 bridgehead atoms. The third kappa shape index (κ3) is 6.46. The molecule has 0 heterocycles. The van der Waals surface area contributed by atoms with Crippen LogP contribution >= 0.6 is 35.6 Å². The minimum Gasteiger partial charge on any atom is -0.478 e. The molecule has 0 saturated heterocycles. The van der Waals surface area contributed by atoms with Crippen molar-refractivity contribution < 1.29 is 15.0 Å². The van der Waals surface area contributed by atoms with E-state index in [0.29, 0.717) is 11.6 Å². The number of carbonyl (C=O) groups is 1. The van der Waals surface area contributed by atoms with Crippen LogP contribution in [0, 0.1) is 0 Å². The van der Waals surface area contributed by atoms with E-state index in [1.807, 2.05) is 36.4 Å². The molecule has 0 radical (unpaired) electrons. The molecule has 4 nitrogen and oxygen atoms in total. The molecule has 3 rings (SSSR count). The first-order valence-corrected chi connectivity index (χ1v) is 9.96. The topological polar surface area (TPSA) is 69.6 Å². The Morgan fingerprint density at radius 2 is 1.67 bits per heavy atom. The molecule has 158 valence electrons. The summed E-state index contributed by atoms with van der Waals surface area (Å²) in [7, 11) is 0. The quantitative estimate of drug-likeness (QED) is 0.375. The minimum absolute atomic E-state index is 0. The van der Waals surface area contributed by atoms with Gasteiger partial charge in [0.05, 0.1) is 16.7 Å². The van der Waals surface area contributed by atoms with Gasteiger partial charge in [-0.1, -0.05) is 65.7 Å². The summed E-state index contributed by atoms with van der Waals surface area (Å²) in [6, 6.07) is 20.2. The van der Waals surface area contributed by atoms with Crippen LogP contribution in [0.15, 0.2) is 66.7 Å². The lowest BCUT2D eigenvalue weighted by Gasteiger charge is -2.12. The van der Waals surface area contributed by atoms with Crippen molar-refractivity contribution in [2.75, 3.05) is 13.1 Å². The Bertz CT molecular complexity index is 993. The Morgan fingerprint density at radius 3 is 2.30 bits per heavy atom. The van der Waals surface area contributed by atoms with Crippen LogP contribution in [0.3, 0.4) is 0 Å². The number of halogens is 3. The molecule has 0 saturated carbocycles. The summed E-state index contributed by atoms with van der Waals surface area (Å²) in [5, 5.41) is 23.4. The Labute approximate surface area is 191 Å². The summed E-state index contributed by atoms with van der Waals surface area (Å²) in [5.74, 6) is -1.04. The maximum absolute atomic E-state index is 11.1. The molecule has 7 heteroatoms. The van der Waals surface area contributed by atoms with Crippen LogP contribution in [0.5, 0.6) is 0 Å². The van der Waals surface area contributed by atoms with E-state index < -0.39 is 12.1 Å². The molecule has 3 aromatic carbocycles. The van der Waals surface area contributed by atoms with Crippen LogP contribution in [0.25, 0.3) is 11.1 Å². The lowest BCUT2D eigenvalue weighted by Crippen LogP contribution is -2.23. The molecule has 0 amide bonds. The van der Waals surface area contributed by atoms with Gasteiger partial charge in [0.25, 0.3) is 0 Å². The number of aliphatic hydroxyl groups excluding tert-OH is 1. The zero-order valence-electron chi connectivity index (χ0n) is 16.0. The van der Waals surface area contributed by atoms with E-state index in [9.17, 15) is 9.90 Å². The average molecular weight is 467 g/mol. The molecule has 0 spiro atoms. The molecule has 3 N–H and O–H groups in total. The van der Waals surface area contributed by atoms with Gasteiger partial charge in [-0.2, -0.15) is 0 Å². The number of benzene rings is 3. The predicted octanol–water partition coefficient (Wildman–Crippen LogP) is 5.65. The van der Waals surface area contributed by atoms with Gasteiger partial charge in [-0.25, -0.2) is 4.79 Å². The SMILES string of the molecule is Cl.O=C(O)c1ccc(-c2ccc(CCNC[C@H](O)c3cccc(Cl)c3)cc2)cc1Cl. The fraction of sp³-hybridized carbons (Fsp3) is 0.174. The summed E-state index contributed by atoms with van der Waals surface area (Å²) in [4.78, 5) is 11.1. The highest BCUT2D eigenvalue weighted by atomic mass is 35.5. The largest absolute Gasteiger partial charge is 0.478 e. The van der Waals surface area contributed by atoms with E-state index in [-0.39, 0.29) is 23.0 Å². The number of rotatable bonds is 8. The van der Waals surface area contributed by atoms with E-state index in [1.54, 1.807) is 24.3 Å². The maximum Gasteiger partial charge on any atom is 0.337 e. The lowest BCUT2D eigenvalue weighted by molar-refractivity contribution is 0.0697. The van der Waals surface area contributed by atoms with Gasteiger partial charge in [0, 0.05) is 11.6 Å².